The number of rotatable bonds is 3. The number of halogens is 3. The van der Waals surface area contributed by atoms with Gasteiger partial charge in [0.1, 0.15) is 11.8 Å². The molecule has 1 unspecified atom stereocenters. The second kappa shape index (κ2) is 5.57. The van der Waals surface area contributed by atoms with E-state index < -0.39 is 6.10 Å². The molecule has 7 heteroatoms. The van der Waals surface area contributed by atoms with Gasteiger partial charge < -0.3 is 5.11 Å². The molecule has 18 heavy (non-hydrogen) atoms. The first-order valence-corrected chi connectivity index (χ1v) is 6.71. The molecule has 0 radical (unpaired) electrons. The Labute approximate surface area is 123 Å². The summed E-state index contributed by atoms with van der Waals surface area (Å²) in [4.78, 5) is 0. The van der Waals surface area contributed by atoms with Crippen molar-refractivity contribution in [2.45, 2.75) is 12.5 Å². The molecule has 1 heterocycles. The van der Waals surface area contributed by atoms with Gasteiger partial charge in [-0.2, -0.15) is 0 Å². The van der Waals surface area contributed by atoms with Crippen LogP contribution in [0, 0.1) is 0 Å². The average molecular weight is 351 g/mol. The summed E-state index contributed by atoms with van der Waals surface area (Å²) < 4.78 is 2.07. The van der Waals surface area contributed by atoms with Gasteiger partial charge in [-0.3, -0.25) is 0 Å². The first-order valence-electron chi connectivity index (χ1n) is 5.16. The molecular weight excluding hydrogens is 341 g/mol. The fourth-order valence-corrected chi connectivity index (χ4v) is 2.59. The van der Waals surface area contributed by atoms with Gasteiger partial charge in [0.15, 0.2) is 4.60 Å². The van der Waals surface area contributed by atoms with E-state index in [9.17, 15) is 5.11 Å². The number of aliphatic hydroxyl groups is 1. The van der Waals surface area contributed by atoms with E-state index in [1.54, 1.807) is 19.2 Å². The van der Waals surface area contributed by atoms with Gasteiger partial charge in [0, 0.05) is 13.5 Å². The van der Waals surface area contributed by atoms with Gasteiger partial charge in [0.05, 0.1) is 10.0 Å². The van der Waals surface area contributed by atoms with E-state index >= 15 is 0 Å². The summed E-state index contributed by atoms with van der Waals surface area (Å²) in [7, 11) is 1.73. The van der Waals surface area contributed by atoms with Gasteiger partial charge in [-0.1, -0.05) is 34.5 Å². The number of hydrogen-bond acceptors (Lipinski definition) is 3. The summed E-state index contributed by atoms with van der Waals surface area (Å²) in [6.07, 6.45) is -0.298. The van der Waals surface area contributed by atoms with Crippen molar-refractivity contribution in [1.82, 2.24) is 15.0 Å². The van der Waals surface area contributed by atoms with Crippen LogP contribution >= 0.6 is 39.1 Å². The molecule has 0 saturated heterocycles. The van der Waals surface area contributed by atoms with E-state index in [1.165, 1.54) is 4.68 Å². The number of aryl methyl sites for hydroxylation is 1. The Bertz CT molecular complexity index is 554. The number of benzene rings is 1. The maximum absolute atomic E-state index is 10.2. The van der Waals surface area contributed by atoms with Crippen molar-refractivity contribution in [2.75, 3.05) is 0 Å². The minimum atomic E-state index is -0.711. The van der Waals surface area contributed by atoms with Crippen LogP contribution in [-0.4, -0.2) is 20.1 Å². The zero-order chi connectivity index (χ0) is 13.3. The van der Waals surface area contributed by atoms with Crippen LogP contribution < -0.4 is 0 Å². The van der Waals surface area contributed by atoms with Gasteiger partial charge in [0.25, 0.3) is 0 Å². The molecule has 1 aromatic carbocycles. The highest BCUT2D eigenvalue weighted by atomic mass is 79.9. The number of hydrogen-bond donors (Lipinski definition) is 1. The van der Waals surface area contributed by atoms with Gasteiger partial charge in [-0.15, -0.1) is 5.10 Å². The Morgan fingerprint density at radius 3 is 2.67 bits per heavy atom. The molecule has 0 fully saturated rings. The third kappa shape index (κ3) is 2.85. The minimum absolute atomic E-state index is 0.413. The summed E-state index contributed by atoms with van der Waals surface area (Å²) >= 11 is 15.0. The van der Waals surface area contributed by atoms with E-state index in [0.29, 0.717) is 26.8 Å². The molecule has 0 bridgehead atoms. The van der Waals surface area contributed by atoms with E-state index in [2.05, 4.69) is 26.2 Å². The van der Waals surface area contributed by atoms with Crippen molar-refractivity contribution >= 4 is 39.1 Å². The van der Waals surface area contributed by atoms with E-state index in [0.717, 1.165) is 5.56 Å². The molecule has 2 rings (SSSR count). The zero-order valence-electron chi connectivity index (χ0n) is 9.44. The summed E-state index contributed by atoms with van der Waals surface area (Å²) in [5.74, 6) is 0. The molecule has 0 aliphatic heterocycles. The zero-order valence-corrected chi connectivity index (χ0v) is 12.5. The maximum atomic E-state index is 10.2. The Balaban J connectivity index is 2.21. The molecule has 0 aliphatic rings. The van der Waals surface area contributed by atoms with Crippen molar-refractivity contribution < 1.29 is 5.11 Å². The molecule has 1 atom stereocenters. The van der Waals surface area contributed by atoms with Crippen molar-refractivity contribution in [3.63, 3.8) is 0 Å². The molecule has 0 spiro atoms. The molecule has 1 aromatic heterocycles. The largest absolute Gasteiger partial charge is 0.386 e. The van der Waals surface area contributed by atoms with E-state index in [-0.39, 0.29) is 0 Å². The standard InChI is InChI=1S/C11H10BrCl2N3O/c1-17-10(11(12)15-16-17)9(18)5-6-2-3-7(13)8(14)4-6/h2-4,9,18H,5H2,1H3. The van der Waals surface area contributed by atoms with Crippen molar-refractivity contribution in [2.24, 2.45) is 7.05 Å². The maximum Gasteiger partial charge on any atom is 0.154 e. The van der Waals surface area contributed by atoms with Crippen molar-refractivity contribution in [1.29, 1.82) is 0 Å². The number of nitrogens with zero attached hydrogens (tertiary/aromatic N) is 3. The molecule has 0 saturated carbocycles. The first-order chi connectivity index (χ1) is 8.49. The Hall–Kier alpha value is -0.620. The minimum Gasteiger partial charge on any atom is -0.386 e. The Kier molecular flexibility index (Phi) is 4.27. The average Bonchev–Trinajstić information content (AvgIpc) is 2.64. The van der Waals surface area contributed by atoms with Gasteiger partial charge in [0.2, 0.25) is 0 Å². The quantitative estimate of drug-likeness (QED) is 0.924. The smallest absolute Gasteiger partial charge is 0.154 e. The highest BCUT2D eigenvalue weighted by molar-refractivity contribution is 9.10. The van der Waals surface area contributed by atoms with Crippen LogP contribution in [0.25, 0.3) is 0 Å². The highest BCUT2D eigenvalue weighted by Crippen LogP contribution is 2.27. The Morgan fingerprint density at radius 2 is 2.11 bits per heavy atom. The fraction of sp³-hybridized carbons (Fsp3) is 0.273. The van der Waals surface area contributed by atoms with Gasteiger partial charge in [-0.25, -0.2) is 4.68 Å². The van der Waals surface area contributed by atoms with Crippen LogP contribution in [0.5, 0.6) is 0 Å². The summed E-state index contributed by atoms with van der Waals surface area (Å²) in [5.41, 5.74) is 1.52. The van der Waals surface area contributed by atoms with Gasteiger partial charge >= 0.3 is 0 Å². The van der Waals surface area contributed by atoms with Crippen LogP contribution in [0.1, 0.15) is 17.4 Å². The van der Waals surface area contributed by atoms with E-state index in [4.69, 9.17) is 23.2 Å². The van der Waals surface area contributed by atoms with Crippen LogP contribution in [0.4, 0.5) is 0 Å². The van der Waals surface area contributed by atoms with Crippen molar-refractivity contribution in [3.05, 3.63) is 44.1 Å². The second-order valence-corrected chi connectivity index (χ2v) is 5.42. The summed E-state index contributed by atoms with van der Waals surface area (Å²) in [6.45, 7) is 0. The first kappa shape index (κ1) is 13.8. The molecule has 1 N–H and O–H groups in total. The topological polar surface area (TPSA) is 50.9 Å². The molecule has 96 valence electrons. The molecule has 0 aliphatic carbocycles. The van der Waals surface area contributed by atoms with Crippen LogP contribution in [-0.2, 0) is 13.5 Å². The molecule has 0 amide bonds. The molecular formula is C11H10BrCl2N3O. The lowest BCUT2D eigenvalue weighted by Gasteiger charge is -2.11. The van der Waals surface area contributed by atoms with Gasteiger partial charge in [-0.05, 0) is 33.6 Å². The normalized spacial score (nSPS) is 12.7. The summed E-state index contributed by atoms with van der Waals surface area (Å²) in [6, 6.07) is 5.28. The third-order valence-corrected chi connectivity index (χ3v) is 3.86. The SMILES string of the molecule is Cn1nnc(Br)c1C(O)Cc1ccc(Cl)c(Cl)c1. The van der Waals surface area contributed by atoms with Crippen molar-refractivity contribution in [3.8, 4) is 0 Å². The fourth-order valence-electron chi connectivity index (χ4n) is 1.68. The molecule has 4 nitrogen and oxygen atoms in total. The third-order valence-electron chi connectivity index (χ3n) is 2.56. The monoisotopic (exact) mass is 349 g/mol. The molecule has 2 aromatic rings. The second-order valence-electron chi connectivity index (χ2n) is 3.86. The van der Waals surface area contributed by atoms with Crippen LogP contribution in [0.15, 0.2) is 22.8 Å². The van der Waals surface area contributed by atoms with Crippen LogP contribution in [0.2, 0.25) is 10.0 Å². The number of aliphatic hydroxyl groups excluding tert-OH is 1. The Morgan fingerprint density at radius 1 is 1.39 bits per heavy atom. The predicted molar refractivity (Wildman–Crippen MR) is 73.8 cm³/mol. The highest BCUT2D eigenvalue weighted by Gasteiger charge is 2.18. The predicted octanol–water partition coefficient (Wildman–Crippen LogP) is 3.16. The van der Waals surface area contributed by atoms with Crippen LogP contribution in [0.3, 0.4) is 0 Å². The number of aromatic nitrogens is 3. The summed E-state index contributed by atoms with van der Waals surface area (Å²) in [5, 5.41) is 18.8. The van der Waals surface area contributed by atoms with E-state index in [1.807, 2.05) is 6.07 Å². The lowest BCUT2D eigenvalue weighted by Crippen LogP contribution is -2.08. The lowest BCUT2D eigenvalue weighted by molar-refractivity contribution is 0.168. The lowest BCUT2D eigenvalue weighted by atomic mass is 10.1.